The van der Waals surface area contributed by atoms with Crippen molar-refractivity contribution in [3.63, 3.8) is 0 Å². The molecule has 98 valence electrons. The molecule has 0 saturated carbocycles. The molecule has 0 spiro atoms. The second-order valence-corrected chi connectivity index (χ2v) is 4.80. The number of aryl methyl sites for hydroxylation is 1. The molecule has 19 heavy (non-hydrogen) atoms. The first-order valence-corrected chi connectivity index (χ1v) is 6.40. The molecule has 1 aliphatic rings. The fourth-order valence-corrected chi connectivity index (χ4v) is 2.17. The van der Waals surface area contributed by atoms with Crippen LogP contribution in [0.3, 0.4) is 0 Å². The zero-order valence-corrected chi connectivity index (χ0v) is 10.8. The summed E-state index contributed by atoms with van der Waals surface area (Å²) in [7, 11) is 0. The molecule has 0 unspecified atom stereocenters. The first kappa shape index (κ1) is 11.9. The van der Waals surface area contributed by atoms with Gasteiger partial charge in [0.25, 0.3) is 5.89 Å². The lowest BCUT2D eigenvalue weighted by atomic mass is 10.1. The Hall–Kier alpha value is -2.17. The molecular weight excluding hydrogens is 242 g/mol. The normalized spacial score (nSPS) is 15.2. The van der Waals surface area contributed by atoms with Crippen LogP contribution >= 0.6 is 0 Å². The number of hydrogen-bond acceptors (Lipinski definition) is 4. The van der Waals surface area contributed by atoms with Gasteiger partial charge < -0.3 is 9.42 Å². The van der Waals surface area contributed by atoms with E-state index < -0.39 is 0 Å². The van der Waals surface area contributed by atoms with Gasteiger partial charge in [-0.05, 0) is 25.5 Å². The lowest BCUT2D eigenvalue weighted by Gasteiger charge is -2.11. The van der Waals surface area contributed by atoms with Crippen LogP contribution < -0.4 is 0 Å². The van der Waals surface area contributed by atoms with Gasteiger partial charge in [0.05, 0.1) is 6.54 Å². The molecule has 1 aromatic heterocycles. The molecule has 1 aliphatic heterocycles. The van der Waals surface area contributed by atoms with E-state index in [9.17, 15) is 4.79 Å². The van der Waals surface area contributed by atoms with Gasteiger partial charge in [-0.2, -0.15) is 4.98 Å². The first-order chi connectivity index (χ1) is 9.22. The largest absolute Gasteiger partial charge is 0.335 e. The number of carbonyl (C=O) groups is 1. The molecule has 2 heterocycles. The van der Waals surface area contributed by atoms with Crippen LogP contribution in [0, 0.1) is 6.92 Å². The molecule has 1 amide bonds. The molecule has 2 aromatic rings. The van der Waals surface area contributed by atoms with Gasteiger partial charge in [0.2, 0.25) is 5.91 Å². The summed E-state index contributed by atoms with van der Waals surface area (Å²) in [6.45, 7) is 3.25. The summed E-state index contributed by atoms with van der Waals surface area (Å²) in [6.07, 6.45) is 1.55. The summed E-state index contributed by atoms with van der Waals surface area (Å²) in [6, 6.07) is 7.91. The van der Waals surface area contributed by atoms with Gasteiger partial charge >= 0.3 is 0 Å². The van der Waals surface area contributed by atoms with E-state index in [1.165, 1.54) is 5.56 Å². The Bertz CT molecular complexity index is 589. The van der Waals surface area contributed by atoms with Crippen LogP contribution in [-0.4, -0.2) is 27.5 Å². The van der Waals surface area contributed by atoms with Gasteiger partial charge in [0, 0.05) is 18.5 Å². The van der Waals surface area contributed by atoms with Crippen molar-refractivity contribution >= 4 is 5.91 Å². The van der Waals surface area contributed by atoms with E-state index in [-0.39, 0.29) is 5.91 Å². The molecule has 1 saturated heterocycles. The number of carbonyl (C=O) groups excluding carboxylic acids is 1. The second kappa shape index (κ2) is 4.84. The molecule has 1 fully saturated rings. The van der Waals surface area contributed by atoms with Crippen LogP contribution in [0.4, 0.5) is 0 Å². The predicted octanol–water partition coefficient (Wildman–Crippen LogP) is 2.17. The topological polar surface area (TPSA) is 59.2 Å². The molecule has 3 rings (SSSR count). The highest BCUT2D eigenvalue weighted by Gasteiger charge is 2.22. The van der Waals surface area contributed by atoms with E-state index in [1.54, 1.807) is 4.90 Å². The van der Waals surface area contributed by atoms with Crippen LogP contribution in [-0.2, 0) is 11.3 Å². The van der Waals surface area contributed by atoms with Crippen LogP contribution in [0.25, 0.3) is 11.5 Å². The Kier molecular flexibility index (Phi) is 3.03. The quantitative estimate of drug-likeness (QED) is 0.845. The highest BCUT2D eigenvalue weighted by Crippen LogP contribution is 2.19. The monoisotopic (exact) mass is 257 g/mol. The molecule has 0 radical (unpaired) electrons. The standard InChI is InChI=1S/C14H15N3O2/c1-10-4-6-11(7-5-10)14-15-12(16-19-14)9-17-8-2-3-13(17)18/h4-7H,2-3,8-9H2,1H3. The Morgan fingerprint density at radius 3 is 2.79 bits per heavy atom. The molecule has 5 nitrogen and oxygen atoms in total. The number of benzene rings is 1. The van der Waals surface area contributed by atoms with Gasteiger partial charge in [0.15, 0.2) is 5.82 Å². The maximum Gasteiger partial charge on any atom is 0.257 e. The Morgan fingerprint density at radius 2 is 2.11 bits per heavy atom. The Balaban J connectivity index is 1.75. The van der Waals surface area contributed by atoms with E-state index >= 15 is 0 Å². The summed E-state index contributed by atoms with van der Waals surface area (Å²) in [5.74, 6) is 1.23. The van der Waals surface area contributed by atoms with Gasteiger partial charge in [-0.25, -0.2) is 0 Å². The SMILES string of the molecule is Cc1ccc(-c2nc(CN3CCCC3=O)no2)cc1. The van der Waals surface area contributed by atoms with Gasteiger partial charge in [0.1, 0.15) is 0 Å². The zero-order valence-electron chi connectivity index (χ0n) is 10.8. The maximum atomic E-state index is 11.5. The summed E-state index contributed by atoms with van der Waals surface area (Å²) in [5, 5.41) is 3.93. The molecule has 5 heteroatoms. The van der Waals surface area contributed by atoms with Crippen LogP contribution in [0.1, 0.15) is 24.2 Å². The Morgan fingerprint density at radius 1 is 1.32 bits per heavy atom. The molecule has 0 atom stereocenters. The highest BCUT2D eigenvalue weighted by molar-refractivity contribution is 5.77. The maximum absolute atomic E-state index is 11.5. The van der Waals surface area contributed by atoms with Crippen LogP contribution in [0.5, 0.6) is 0 Å². The molecule has 0 N–H and O–H groups in total. The van der Waals surface area contributed by atoms with Crippen molar-refractivity contribution in [3.05, 3.63) is 35.7 Å². The van der Waals surface area contributed by atoms with Crippen molar-refractivity contribution < 1.29 is 9.32 Å². The first-order valence-electron chi connectivity index (χ1n) is 6.40. The van der Waals surface area contributed by atoms with E-state index in [4.69, 9.17) is 4.52 Å². The minimum absolute atomic E-state index is 0.168. The summed E-state index contributed by atoms with van der Waals surface area (Å²) >= 11 is 0. The van der Waals surface area contributed by atoms with Crippen molar-refractivity contribution in [2.75, 3.05) is 6.54 Å². The molecule has 1 aromatic carbocycles. The van der Waals surface area contributed by atoms with Crippen molar-refractivity contribution in [2.24, 2.45) is 0 Å². The smallest absolute Gasteiger partial charge is 0.257 e. The Labute approximate surface area is 111 Å². The number of aromatic nitrogens is 2. The summed E-state index contributed by atoms with van der Waals surface area (Å²) in [5.41, 5.74) is 2.09. The van der Waals surface area contributed by atoms with Gasteiger partial charge in [-0.1, -0.05) is 22.9 Å². The second-order valence-electron chi connectivity index (χ2n) is 4.80. The predicted molar refractivity (Wildman–Crippen MR) is 69.1 cm³/mol. The van der Waals surface area contributed by atoms with E-state index in [0.29, 0.717) is 24.7 Å². The molecule has 0 aliphatic carbocycles. The van der Waals surface area contributed by atoms with E-state index in [1.807, 2.05) is 31.2 Å². The lowest BCUT2D eigenvalue weighted by Crippen LogP contribution is -2.24. The fraction of sp³-hybridized carbons (Fsp3) is 0.357. The zero-order chi connectivity index (χ0) is 13.2. The van der Waals surface area contributed by atoms with Crippen LogP contribution in [0.2, 0.25) is 0 Å². The minimum atomic E-state index is 0.168. The van der Waals surface area contributed by atoms with Crippen molar-refractivity contribution in [2.45, 2.75) is 26.3 Å². The lowest BCUT2D eigenvalue weighted by molar-refractivity contribution is -0.128. The number of rotatable bonds is 3. The van der Waals surface area contributed by atoms with E-state index in [0.717, 1.165) is 18.5 Å². The van der Waals surface area contributed by atoms with Crippen molar-refractivity contribution in [1.29, 1.82) is 0 Å². The molecular formula is C14H15N3O2. The van der Waals surface area contributed by atoms with E-state index in [2.05, 4.69) is 10.1 Å². The number of hydrogen-bond donors (Lipinski definition) is 0. The number of likely N-dealkylation sites (tertiary alicyclic amines) is 1. The van der Waals surface area contributed by atoms with Gasteiger partial charge in [-0.3, -0.25) is 4.79 Å². The summed E-state index contributed by atoms with van der Waals surface area (Å²) < 4.78 is 5.24. The third-order valence-electron chi connectivity index (χ3n) is 3.27. The third-order valence-corrected chi connectivity index (χ3v) is 3.27. The van der Waals surface area contributed by atoms with Gasteiger partial charge in [-0.15, -0.1) is 0 Å². The van der Waals surface area contributed by atoms with Crippen molar-refractivity contribution in [3.8, 4) is 11.5 Å². The fourth-order valence-electron chi connectivity index (χ4n) is 2.17. The highest BCUT2D eigenvalue weighted by atomic mass is 16.5. The number of nitrogens with zero attached hydrogens (tertiary/aromatic N) is 3. The summed E-state index contributed by atoms with van der Waals surface area (Å²) in [4.78, 5) is 17.6. The van der Waals surface area contributed by atoms with Crippen LogP contribution in [0.15, 0.2) is 28.8 Å². The van der Waals surface area contributed by atoms with Crippen molar-refractivity contribution in [1.82, 2.24) is 15.0 Å². The minimum Gasteiger partial charge on any atom is -0.335 e. The average Bonchev–Trinajstić information content (AvgIpc) is 3.01. The third kappa shape index (κ3) is 2.50. The number of amides is 1. The average molecular weight is 257 g/mol. The molecule has 0 bridgehead atoms.